The lowest BCUT2D eigenvalue weighted by molar-refractivity contribution is -0.166. The zero-order valence-corrected chi connectivity index (χ0v) is 11.2. The fourth-order valence-corrected chi connectivity index (χ4v) is 2.71. The number of carbonyl (C=O) groups excluding carboxylic acids is 1. The van der Waals surface area contributed by atoms with E-state index >= 15 is 0 Å². The molecule has 1 aliphatic carbocycles. The van der Waals surface area contributed by atoms with Gasteiger partial charge in [0, 0.05) is 16.3 Å². The van der Waals surface area contributed by atoms with Gasteiger partial charge in [-0.2, -0.15) is 13.2 Å². The first-order chi connectivity index (χ1) is 8.86. The van der Waals surface area contributed by atoms with Gasteiger partial charge in [-0.3, -0.25) is 10.1 Å². The third-order valence-electron chi connectivity index (χ3n) is 3.16. The van der Waals surface area contributed by atoms with Crippen molar-refractivity contribution in [3.05, 3.63) is 21.9 Å². The number of rotatable bonds is 5. The van der Waals surface area contributed by atoms with Crippen molar-refractivity contribution in [3.8, 4) is 0 Å². The predicted octanol–water partition coefficient (Wildman–Crippen LogP) is 2.65. The highest BCUT2D eigenvalue weighted by Crippen LogP contribution is 2.49. The molecule has 2 rings (SSSR count). The van der Waals surface area contributed by atoms with Crippen molar-refractivity contribution in [2.24, 2.45) is 0 Å². The first kappa shape index (κ1) is 14.3. The number of thiophene rings is 1. The molecule has 1 aromatic rings. The van der Waals surface area contributed by atoms with Crippen molar-refractivity contribution in [1.82, 2.24) is 5.32 Å². The fourth-order valence-electron chi connectivity index (χ4n) is 1.77. The number of methoxy groups -OCH3 is 1. The Kier molecular flexibility index (Phi) is 3.87. The molecule has 106 valence electrons. The van der Waals surface area contributed by atoms with Crippen LogP contribution in [0, 0.1) is 0 Å². The Labute approximate surface area is 112 Å². The third kappa shape index (κ3) is 3.27. The van der Waals surface area contributed by atoms with Crippen LogP contribution in [0.3, 0.4) is 0 Å². The smallest absolute Gasteiger partial charge is 0.406 e. The normalized spacial score (nSPS) is 17.3. The number of nitrogens with one attached hydrogen (secondary N) is 1. The van der Waals surface area contributed by atoms with E-state index < -0.39 is 11.7 Å². The lowest BCUT2D eigenvalue weighted by Crippen LogP contribution is -2.44. The zero-order chi connectivity index (χ0) is 14.1. The van der Waals surface area contributed by atoms with Crippen LogP contribution < -0.4 is 5.32 Å². The Bertz CT molecular complexity index is 466. The summed E-state index contributed by atoms with van der Waals surface area (Å²) in [5.41, 5.74) is -1.69. The third-order valence-corrected chi connectivity index (χ3v) is 4.24. The van der Waals surface area contributed by atoms with E-state index in [-0.39, 0.29) is 31.8 Å². The Morgan fingerprint density at radius 1 is 1.42 bits per heavy atom. The second-order valence-electron chi connectivity index (χ2n) is 4.55. The van der Waals surface area contributed by atoms with Gasteiger partial charge in [0.25, 0.3) is 0 Å². The van der Waals surface area contributed by atoms with Crippen LogP contribution in [0.1, 0.15) is 22.6 Å². The van der Waals surface area contributed by atoms with Crippen molar-refractivity contribution in [3.63, 3.8) is 0 Å². The molecule has 0 aliphatic heterocycles. The Hall–Kier alpha value is -1.08. The lowest BCUT2D eigenvalue weighted by atomic mass is 10.2. The summed E-state index contributed by atoms with van der Waals surface area (Å²) in [6.07, 6.45) is -3.77. The van der Waals surface area contributed by atoms with Gasteiger partial charge in [0.15, 0.2) is 0 Å². The zero-order valence-electron chi connectivity index (χ0n) is 10.3. The van der Waals surface area contributed by atoms with Crippen molar-refractivity contribution < 1.29 is 22.7 Å². The van der Waals surface area contributed by atoms with Gasteiger partial charge in [-0.05, 0) is 25.0 Å². The van der Waals surface area contributed by atoms with Crippen LogP contribution in [0.4, 0.5) is 13.2 Å². The highest BCUT2D eigenvalue weighted by molar-refractivity contribution is 7.12. The Balaban J connectivity index is 1.89. The second-order valence-corrected chi connectivity index (χ2v) is 5.81. The molecular formula is C12H14F3NO2S. The maximum Gasteiger partial charge on any atom is 0.406 e. The van der Waals surface area contributed by atoms with Gasteiger partial charge >= 0.3 is 12.1 Å². The molecule has 0 bridgehead atoms. The van der Waals surface area contributed by atoms with E-state index in [2.05, 4.69) is 10.1 Å². The number of halogens is 3. The first-order valence-corrected chi connectivity index (χ1v) is 6.64. The molecule has 0 aromatic carbocycles. The molecule has 1 aliphatic rings. The van der Waals surface area contributed by atoms with E-state index in [4.69, 9.17) is 0 Å². The highest BCUT2D eigenvalue weighted by atomic mass is 32.1. The molecular weight excluding hydrogens is 279 g/mol. The van der Waals surface area contributed by atoms with E-state index in [0.717, 1.165) is 9.75 Å². The summed E-state index contributed by atoms with van der Waals surface area (Å²) in [5, 5.41) is 2.58. The van der Waals surface area contributed by atoms with Gasteiger partial charge in [-0.15, -0.1) is 11.3 Å². The molecule has 0 atom stereocenters. The van der Waals surface area contributed by atoms with Crippen LogP contribution in [0.15, 0.2) is 12.1 Å². The highest BCUT2D eigenvalue weighted by Gasteiger charge is 2.62. The molecule has 7 heteroatoms. The number of hydrogen-bond acceptors (Lipinski definition) is 4. The Morgan fingerprint density at radius 3 is 2.58 bits per heavy atom. The SMILES string of the molecule is COC(=O)Cc1ccc(CNC2(C(F)(F)F)CC2)s1. The molecule has 3 nitrogen and oxygen atoms in total. The number of alkyl halides is 3. The average Bonchev–Trinajstić information content (AvgIpc) is 3.02. The summed E-state index contributed by atoms with van der Waals surface area (Å²) in [5.74, 6) is -0.352. The molecule has 1 aromatic heterocycles. The summed E-state index contributed by atoms with van der Waals surface area (Å²) in [6, 6.07) is 3.48. The molecule has 0 saturated heterocycles. The van der Waals surface area contributed by atoms with Crippen molar-refractivity contribution >= 4 is 17.3 Å². The molecule has 1 saturated carbocycles. The van der Waals surface area contributed by atoms with Gasteiger partial charge in [-0.1, -0.05) is 0 Å². The molecule has 1 N–H and O–H groups in total. The summed E-state index contributed by atoms with van der Waals surface area (Å²) in [4.78, 5) is 12.6. The monoisotopic (exact) mass is 293 g/mol. The van der Waals surface area contributed by atoms with E-state index in [1.165, 1.54) is 18.4 Å². The first-order valence-electron chi connectivity index (χ1n) is 5.82. The minimum Gasteiger partial charge on any atom is -0.469 e. The molecule has 0 amide bonds. The second kappa shape index (κ2) is 5.13. The molecule has 0 unspecified atom stereocenters. The molecule has 0 spiro atoms. The van der Waals surface area contributed by atoms with Crippen molar-refractivity contribution in [2.45, 2.75) is 37.5 Å². The number of esters is 1. The average molecular weight is 293 g/mol. The minimum absolute atomic E-state index is 0.136. The summed E-state index contributed by atoms with van der Waals surface area (Å²) in [6.45, 7) is 0.172. The molecule has 1 fully saturated rings. The minimum atomic E-state index is -4.20. The van der Waals surface area contributed by atoms with Gasteiger partial charge in [0.2, 0.25) is 0 Å². The largest absolute Gasteiger partial charge is 0.469 e. The van der Waals surface area contributed by atoms with E-state index in [1.807, 2.05) is 0 Å². The van der Waals surface area contributed by atoms with Crippen LogP contribution in [0.25, 0.3) is 0 Å². The summed E-state index contributed by atoms with van der Waals surface area (Å²) >= 11 is 1.32. The van der Waals surface area contributed by atoms with Gasteiger partial charge in [-0.25, -0.2) is 0 Å². The molecule has 1 heterocycles. The fraction of sp³-hybridized carbons (Fsp3) is 0.583. The summed E-state index contributed by atoms with van der Waals surface area (Å²) in [7, 11) is 1.30. The van der Waals surface area contributed by atoms with Gasteiger partial charge < -0.3 is 4.74 Å². The molecule has 0 radical (unpaired) electrons. The van der Waals surface area contributed by atoms with Gasteiger partial charge in [0.1, 0.15) is 5.54 Å². The number of carbonyl (C=O) groups is 1. The van der Waals surface area contributed by atoms with Crippen LogP contribution in [-0.4, -0.2) is 24.8 Å². The topological polar surface area (TPSA) is 38.3 Å². The standard InChI is InChI=1S/C12H14F3NO2S/c1-18-10(17)6-8-2-3-9(19-8)7-16-11(4-5-11)12(13,14)15/h2-3,16H,4-7H2,1H3. The van der Waals surface area contributed by atoms with E-state index in [1.54, 1.807) is 12.1 Å². The van der Waals surface area contributed by atoms with Crippen molar-refractivity contribution in [1.29, 1.82) is 0 Å². The van der Waals surface area contributed by atoms with Crippen molar-refractivity contribution in [2.75, 3.05) is 7.11 Å². The number of ether oxygens (including phenoxy) is 1. The number of hydrogen-bond donors (Lipinski definition) is 1. The maximum absolute atomic E-state index is 12.7. The maximum atomic E-state index is 12.7. The Morgan fingerprint density at radius 2 is 2.05 bits per heavy atom. The van der Waals surface area contributed by atoms with E-state index in [9.17, 15) is 18.0 Å². The van der Waals surface area contributed by atoms with Crippen LogP contribution in [0.5, 0.6) is 0 Å². The molecule has 19 heavy (non-hydrogen) atoms. The van der Waals surface area contributed by atoms with Crippen LogP contribution in [-0.2, 0) is 22.5 Å². The summed E-state index contributed by atoms with van der Waals surface area (Å²) < 4.78 is 42.6. The predicted molar refractivity (Wildman–Crippen MR) is 64.9 cm³/mol. The quantitative estimate of drug-likeness (QED) is 0.848. The van der Waals surface area contributed by atoms with Gasteiger partial charge in [0.05, 0.1) is 13.5 Å². The lowest BCUT2D eigenvalue weighted by Gasteiger charge is -2.20. The van der Waals surface area contributed by atoms with Crippen LogP contribution in [0.2, 0.25) is 0 Å². The van der Waals surface area contributed by atoms with E-state index in [0.29, 0.717) is 0 Å². The van der Waals surface area contributed by atoms with Crippen LogP contribution >= 0.6 is 11.3 Å².